The molecule has 8 nitrogen and oxygen atoms in total. The van der Waals surface area contributed by atoms with E-state index in [4.69, 9.17) is 23.7 Å². The maximum atomic E-state index is 11.2. The van der Waals surface area contributed by atoms with Gasteiger partial charge in [0, 0.05) is 32.4 Å². The highest BCUT2D eigenvalue weighted by atomic mass is 16.5. The van der Waals surface area contributed by atoms with Gasteiger partial charge in [0.05, 0.1) is 39.6 Å². The molecule has 0 saturated carbocycles. The molecule has 0 radical (unpaired) electrons. The maximum Gasteiger partial charge on any atom is 0.216 e. The molecule has 0 spiro atoms. The van der Waals surface area contributed by atoms with Gasteiger partial charge in [0.15, 0.2) is 0 Å². The molecule has 2 atom stereocenters. The third kappa shape index (κ3) is 10.2. The molecule has 1 unspecified atom stereocenters. The summed E-state index contributed by atoms with van der Waals surface area (Å²) in [6.07, 6.45) is 8.86. The van der Waals surface area contributed by atoms with Gasteiger partial charge in [-0.2, -0.15) is 0 Å². The van der Waals surface area contributed by atoms with Crippen molar-refractivity contribution in [1.82, 2.24) is 10.6 Å². The standard InChI is InChI=1S/C34H46N2O6/c1-26(37)36-19-16-28-8-3-6-11-33(28)41-22-23-42-34-24-35-18-17-31(34)27-12-14-30(15-13-27)40-21-7-20-39-25-29-9-4-5-10-32(29)38-2/h3,5-6,8,10-15,31,34-35H,4,7,9,16-25H2,1-2H3,(H,36,37)/t31-,34?/m1/s1. The minimum absolute atomic E-state index is 0.0245. The van der Waals surface area contributed by atoms with Gasteiger partial charge in [-0.15, -0.1) is 0 Å². The van der Waals surface area contributed by atoms with Gasteiger partial charge in [0.2, 0.25) is 5.91 Å². The number of hydrogen-bond donors (Lipinski definition) is 2. The molecule has 1 aliphatic carbocycles. The normalized spacial score (nSPS) is 18.5. The van der Waals surface area contributed by atoms with Crippen molar-refractivity contribution in [3.05, 3.63) is 83.1 Å². The Hall–Kier alpha value is -3.33. The third-order valence-electron chi connectivity index (χ3n) is 7.58. The molecule has 1 aliphatic heterocycles. The first kappa shape index (κ1) is 31.6. The summed E-state index contributed by atoms with van der Waals surface area (Å²) in [6, 6.07) is 16.4. The molecule has 42 heavy (non-hydrogen) atoms. The van der Waals surface area contributed by atoms with Crippen LogP contribution < -0.4 is 20.1 Å². The zero-order chi connectivity index (χ0) is 29.4. The van der Waals surface area contributed by atoms with Crippen molar-refractivity contribution >= 4 is 5.91 Å². The highest BCUT2D eigenvalue weighted by Gasteiger charge is 2.27. The lowest BCUT2D eigenvalue weighted by molar-refractivity contribution is -0.118. The van der Waals surface area contributed by atoms with Crippen LogP contribution in [0.1, 0.15) is 49.7 Å². The molecule has 2 aromatic carbocycles. The molecule has 2 aromatic rings. The van der Waals surface area contributed by atoms with E-state index in [9.17, 15) is 4.79 Å². The summed E-state index contributed by atoms with van der Waals surface area (Å²) in [4.78, 5) is 11.2. The van der Waals surface area contributed by atoms with Crippen LogP contribution in [0.4, 0.5) is 0 Å². The van der Waals surface area contributed by atoms with Crippen LogP contribution >= 0.6 is 0 Å². The van der Waals surface area contributed by atoms with Crippen molar-refractivity contribution in [1.29, 1.82) is 0 Å². The van der Waals surface area contributed by atoms with Crippen LogP contribution in [0.3, 0.4) is 0 Å². The largest absolute Gasteiger partial charge is 0.497 e. The second-order valence-corrected chi connectivity index (χ2v) is 10.6. The van der Waals surface area contributed by atoms with Crippen molar-refractivity contribution < 1.29 is 28.5 Å². The number of carbonyl (C=O) groups excluding carboxylic acids is 1. The summed E-state index contributed by atoms with van der Waals surface area (Å²) < 4.78 is 29.6. The molecular formula is C34H46N2O6. The number of methoxy groups -OCH3 is 1. The lowest BCUT2D eigenvalue weighted by Gasteiger charge is -2.32. The predicted octanol–water partition coefficient (Wildman–Crippen LogP) is 4.94. The molecule has 4 rings (SSSR count). The number of allylic oxidation sites excluding steroid dienone is 2. The van der Waals surface area contributed by atoms with E-state index in [1.54, 1.807) is 7.11 Å². The monoisotopic (exact) mass is 578 g/mol. The lowest BCUT2D eigenvalue weighted by atomic mass is 9.88. The average Bonchev–Trinajstić information content (AvgIpc) is 3.02. The van der Waals surface area contributed by atoms with Gasteiger partial charge < -0.3 is 34.3 Å². The summed E-state index contributed by atoms with van der Waals surface area (Å²) in [5, 5.41) is 6.31. The third-order valence-corrected chi connectivity index (χ3v) is 7.58. The average molecular weight is 579 g/mol. The van der Waals surface area contributed by atoms with E-state index >= 15 is 0 Å². The Morgan fingerprint density at radius 3 is 2.71 bits per heavy atom. The fraction of sp³-hybridized carbons (Fsp3) is 0.500. The van der Waals surface area contributed by atoms with E-state index in [2.05, 4.69) is 41.0 Å². The van der Waals surface area contributed by atoms with Crippen molar-refractivity contribution in [3.63, 3.8) is 0 Å². The van der Waals surface area contributed by atoms with E-state index in [0.717, 1.165) is 68.0 Å². The van der Waals surface area contributed by atoms with Crippen molar-refractivity contribution in [2.45, 2.75) is 51.0 Å². The number of carbonyl (C=O) groups is 1. The molecule has 1 saturated heterocycles. The maximum absolute atomic E-state index is 11.2. The summed E-state index contributed by atoms with van der Waals surface area (Å²) >= 11 is 0. The van der Waals surface area contributed by atoms with Crippen LogP contribution in [0.2, 0.25) is 0 Å². The number of rotatable bonds is 17. The summed E-state index contributed by atoms with van der Waals surface area (Å²) in [6.45, 7) is 6.77. The van der Waals surface area contributed by atoms with Crippen LogP contribution in [-0.2, 0) is 25.4 Å². The Bertz CT molecular complexity index is 1160. The molecule has 8 heteroatoms. The number of benzene rings is 2. The van der Waals surface area contributed by atoms with E-state index in [1.165, 1.54) is 18.1 Å². The zero-order valence-electron chi connectivity index (χ0n) is 25.1. The van der Waals surface area contributed by atoms with E-state index in [0.29, 0.717) is 45.5 Å². The molecule has 228 valence electrons. The summed E-state index contributed by atoms with van der Waals surface area (Å²) in [7, 11) is 1.71. The quantitative estimate of drug-likeness (QED) is 0.257. The number of nitrogens with one attached hydrogen (secondary N) is 2. The van der Waals surface area contributed by atoms with Gasteiger partial charge in [0.25, 0.3) is 0 Å². The van der Waals surface area contributed by atoms with Gasteiger partial charge in [-0.05, 0) is 73.2 Å². The molecule has 2 N–H and O–H groups in total. The van der Waals surface area contributed by atoms with Crippen LogP contribution in [0, 0.1) is 0 Å². The summed E-state index contributed by atoms with van der Waals surface area (Å²) in [5.41, 5.74) is 3.57. The molecule has 0 bridgehead atoms. The van der Waals surface area contributed by atoms with Crippen molar-refractivity contribution in [3.8, 4) is 11.5 Å². The van der Waals surface area contributed by atoms with E-state index in [-0.39, 0.29) is 12.0 Å². The first-order valence-electron chi connectivity index (χ1n) is 15.1. The fourth-order valence-electron chi connectivity index (χ4n) is 5.36. The van der Waals surface area contributed by atoms with Gasteiger partial charge in [-0.3, -0.25) is 4.79 Å². The van der Waals surface area contributed by atoms with Crippen molar-refractivity contribution in [2.24, 2.45) is 0 Å². The second kappa shape index (κ2) is 17.6. The predicted molar refractivity (Wildman–Crippen MR) is 164 cm³/mol. The van der Waals surface area contributed by atoms with Gasteiger partial charge >= 0.3 is 0 Å². The molecule has 1 heterocycles. The van der Waals surface area contributed by atoms with Crippen molar-refractivity contribution in [2.75, 3.05) is 59.8 Å². The van der Waals surface area contributed by atoms with E-state index < -0.39 is 0 Å². The number of amides is 1. The smallest absolute Gasteiger partial charge is 0.216 e. The van der Waals surface area contributed by atoms with E-state index in [1.807, 2.05) is 30.3 Å². The first-order chi connectivity index (χ1) is 20.6. The Morgan fingerprint density at radius 1 is 1.02 bits per heavy atom. The fourth-order valence-corrected chi connectivity index (χ4v) is 5.36. The van der Waals surface area contributed by atoms with Gasteiger partial charge in [-0.25, -0.2) is 0 Å². The SMILES string of the molecule is COC1=C(COCCCOc2ccc([C@H]3CCNCC3OCCOc3ccccc3CCNC(C)=O)cc2)CCC=C1. The highest BCUT2D eigenvalue weighted by molar-refractivity contribution is 5.72. The minimum Gasteiger partial charge on any atom is -0.497 e. The van der Waals surface area contributed by atoms with Gasteiger partial charge in [0.1, 0.15) is 23.9 Å². The van der Waals surface area contributed by atoms with Gasteiger partial charge in [-0.1, -0.05) is 36.4 Å². The number of piperidine rings is 1. The number of para-hydroxylation sites is 1. The first-order valence-corrected chi connectivity index (χ1v) is 15.1. The molecule has 2 aliphatic rings. The lowest BCUT2D eigenvalue weighted by Crippen LogP contribution is -2.41. The molecular weight excluding hydrogens is 532 g/mol. The Balaban J connectivity index is 1.16. The Labute approximate surface area is 250 Å². The Kier molecular flexibility index (Phi) is 13.2. The molecule has 1 amide bonds. The molecule has 1 fully saturated rings. The highest BCUT2D eigenvalue weighted by Crippen LogP contribution is 2.29. The second-order valence-electron chi connectivity index (χ2n) is 10.6. The summed E-state index contributed by atoms with van der Waals surface area (Å²) in [5.74, 6) is 2.94. The minimum atomic E-state index is -0.0245. The molecule has 0 aromatic heterocycles. The van der Waals surface area contributed by atoms with Crippen LogP contribution in [0.15, 0.2) is 72.0 Å². The van der Waals surface area contributed by atoms with Crippen LogP contribution in [0.5, 0.6) is 11.5 Å². The topological polar surface area (TPSA) is 87.3 Å². The number of hydrogen-bond acceptors (Lipinski definition) is 7. The van der Waals surface area contributed by atoms with Crippen LogP contribution in [-0.4, -0.2) is 71.8 Å². The zero-order valence-corrected chi connectivity index (χ0v) is 25.1. The van der Waals surface area contributed by atoms with Crippen LogP contribution in [0.25, 0.3) is 0 Å². The number of ether oxygens (including phenoxy) is 5. The Morgan fingerprint density at radius 2 is 1.88 bits per heavy atom.